The van der Waals surface area contributed by atoms with Crippen LogP contribution in [0.4, 0.5) is 5.69 Å². The molecule has 0 aliphatic carbocycles. The number of amides is 2. The fourth-order valence-electron chi connectivity index (χ4n) is 2.64. The molecule has 124 valence electrons. The molecule has 0 bridgehead atoms. The van der Waals surface area contributed by atoms with Crippen LogP contribution >= 0.6 is 0 Å². The molecule has 1 N–H and O–H groups in total. The molecule has 1 aliphatic heterocycles. The molecule has 6 nitrogen and oxygen atoms in total. The van der Waals surface area contributed by atoms with Crippen molar-refractivity contribution in [3.8, 4) is 0 Å². The summed E-state index contributed by atoms with van der Waals surface area (Å²) >= 11 is 0. The van der Waals surface area contributed by atoms with Gasteiger partial charge in [-0.3, -0.25) is 14.4 Å². The molecule has 1 aromatic carbocycles. The first kappa shape index (κ1) is 17.1. The highest BCUT2D eigenvalue weighted by Gasteiger charge is 2.27. The number of ether oxygens (including phenoxy) is 1. The summed E-state index contributed by atoms with van der Waals surface area (Å²) in [5.74, 6) is -0.185. The van der Waals surface area contributed by atoms with E-state index in [1.807, 2.05) is 0 Å². The number of nitrogens with one attached hydrogen (secondary N) is 1. The van der Waals surface area contributed by atoms with E-state index < -0.39 is 0 Å². The summed E-state index contributed by atoms with van der Waals surface area (Å²) in [6.45, 7) is 2.73. The minimum atomic E-state index is -0.103. The Morgan fingerprint density at radius 3 is 2.30 bits per heavy atom. The molecule has 23 heavy (non-hydrogen) atoms. The maximum Gasteiger partial charge on any atom is 0.248 e. The lowest BCUT2D eigenvalue weighted by atomic mass is 9.95. The Bertz CT molecular complexity index is 575. The maximum atomic E-state index is 12.3. The third kappa shape index (κ3) is 4.63. The van der Waals surface area contributed by atoms with Crippen molar-refractivity contribution in [2.24, 2.45) is 5.92 Å². The number of methoxy groups -OCH3 is 1. The summed E-state index contributed by atoms with van der Waals surface area (Å²) in [7, 11) is 1.50. The van der Waals surface area contributed by atoms with Crippen molar-refractivity contribution in [3.63, 3.8) is 0 Å². The summed E-state index contributed by atoms with van der Waals surface area (Å²) in [4.78, 5) is 37.0. The quantitative estimate of drug-likeness (QED) is 0.839. The lowest BCUT2D eigenvalue weighted by Crippen LogP contribution is -2.42. The van der Waals surface area contributed by atoms with E-state index in [2.05, 4.69) is 5.32 Å². The topological polar surface area (TPSA) is 75.7 Å². The van der Waals surface area contributed by atoms with Crippen LogP contribution in [0.1, 0.15) is 30.1 Å². The molecule has 0 radical (unpaired) electrons. The van der Waals surface area contributed by atoms with E-state index in [1.54, 1.807) is 29.2 Å². The van der Waals surface area contributed by atoms with E-state index >= 15 is 0 Å². The number of carbonyl (C=O) groups is 3. The average molecular weight is 318 g/mol. The second kappa shape index (κ2) is 7.87. The summed E-state index contributed by atoms with van der Waals surface area (Å²) in [5, 5.41) is 2.87. The summed E-state index contributed by atoms with van der Waals surface area (Å²) in [5.41, 5.74) is 1.30. The Morgan fingerprint density at radius 2 is 1.78 bits per heavy atom. The third-order valence-electron chi connectivity index (χ3n) is 4.05. The van der Waals surface area contributed by atoms with Gasteiger partial charge in [0.15, 0.2) is 5.78 Å². The van der Waals surface area contributed by atoms with Gasteiger partial charge in [0.2, 0.25) is 11.8 Å². The highest BCUT2D eigenvalue weighted by molar-refractivity contribution is 5.96. The molecular formula is C17H22N2O4. The zero-order chi connectivity index (χ0) is 16.8. The van der Waals surface area contributed by atoms with Crippen LogP contribution in [0.2, 0.25) is 0 Å². The van der Waals surface area contributed by atoms with Crippen molar-refractivity contribution in [3.05, 3.63) is 29.8 Å². The molecule has 0 saturated carbocycles. The number of nitrogens with zero attached hydrogens (tertiary/aromatic N) is 1. The number of anilines is 1. The number of carbonyl (C=O) groups excluding carboxylic acids is 3. The first-order valence-corrected chi connectivity index (χ1v) is 7.70. The van der Waals surface area contributed by atoms with Crippen LogP contribution < -0.4 is 5.32 Å². The number of Topliss-reactive ketones (excluding diaryl/α,β-unsaturated/α-hetero) is 1. The fourth-order valence-corrected chi connectivity index (χ4v) is 2.64. The molecule has 0 atom stereocenters. The second-order valence-corrected chi connectivity index (χ2v) is 5.71. The Balaban J connectivity index is 1.85. The van der Waals surface area contributed by atoms with Crippen molar-refractivity contribution in [2.45, 2.75) is 19.8 Å². The molecule has 6 heteroatoms. The van der Waals surface area contributed by atoms with E-state index in [-0.39, 0.29) is 30.1 Å². The summed E-state index contributed by atoms with van der Waals surface area (Å²) in [6, 6.07) is 6.85. The zero-order valence-corrected chi connectivity index (χ0v) is 13.5. The number of hydrogen-bond acceptors (Lipinski definition) is 4. The summed E-state index contributed by atoms with van der Waals surface area (Å²) < 4.78 is 4.84. The van der Waals surface area contributed by atoms with Crippen LogP contribution in [-0.4, -0.2) is 49.3 Å². The largest absolute Gasteiger partial charge is 0.375 e. The molecular weight excluding hydrogens is 296 g/mol. The van der Waals surface area contributed by atoms with Crippen molar-refractivity contribution < 1.29 is 19.1 Å². The first-order chi connectivity index (χ1) is 11.0. The zero-order valence-electron chi connectivity index (χ0n) is 13.5. The van der Waals surface area contributed by atoms with Gasteiger partial charge in [0.05, 0.1) is 0 Å². The molecule has 0 unspecified atom stereocenters. The Morgan fingerprint density at radius 1 is 1.17 bits per heavy atom. The van der Waals surface area contributed by atoms with Gasteiger partial charge in [0, 0.05) is 37.4 Å². The average Bonchev–Trinajstić information content (AvgIpc) is 2.55. The predicted octanol–water partition coefficient (Wildman–Crippen LogP) is 1.71. The van der Waals surface area contributed by atoms with Crippen molar-refractivity contribution in [2.75, 3.05) is 32.1 Å². The van der Waals surface area contributed by atoms with Gasteiger partial charge in [-0.05, 0) is 44.0 Å². The van der Waals surface area contributed by atoms with Gasteiger partial charge in [0.1, 0.15) is 6.61 Å². The summed E-state index contributed by atoms with van der Waals surface area (Å²) in [6.07, 6.45) is 1.29. The minimum absolute atomic E-state index is 0.00373. The van der Waals surface area contributed by atoms with Crippen molar-refractivity contribution >= 4 is 23.3 Å². The van der Waals surface area contributed by atoms with Crippen molar-refractivity contribution in [1.82, 2.24) is 4.90 Å². The SMILES string of the molecule is COCC(=O)N1CCC(C(=O)Nc2ccc(C(C)=O)cc2)CC1. The number of likely N-dealkylation sites (tertiary alicyclic amines) is 1. The van der Waals surface area contributed by atoms with E-state index in [0.717, 1.165) is 0 Å². The number of ketones is 1. The van der Waals surface area contributed by atoms with E-state index in [9.17, 15) is 14.4 Å². The number of hydrogen-bond donors (Lipinski definition) is 1. The van der Waals surface area contributed by atoms with Gasteiger partial charge < -0.3 is 15.0 Å². The van der Waals surface area contributed by atoms with Crippen LogP contribution in [0, 0.1) is 5.92 Å². The second-order valence-electron chi connectivity index (χ2n) is 5.71. The van der Waals surface area contributed by atoms with Crippen LogP contribution in [0.25, 0.3) is 0 Å². The Hall–Kier alpha value is -2.21. The predicted molar refractivity (Wildman–Crippen MR) is 86.3 cm³/mol. The van der Waals surface area contributed by atoms with E-state index in [0.29, 0.717) is 37.2 Å². The Labute approximate surface area is 135 Å². The standard InChI is InChI=1S/C17H22N2O4/c1-12(20)13-3-5-15(6-4-13)18-17(22)14-7-9-19(10-8-14)16(21)11-23-2/h3-6,14H,7-11H2,1-2H3,(H,18,22). The Kier molecular flexibility index (Phi) is 5.87. The maximum absolute atomic E-state index is 12.3. The van der Waals surface area contributed by atoms with Crippen LogP contribution in [0.3, 0.4) is 0 Å². The van der Waals surface area contributed by atoms with Crippen LogP contribution in [-0.2, 0) is 14.3 Å². The molecule has 1 saturated heterocycles. The normalized spacial score (nSPS) is 15.3. The van der Waals surface area contributed by atoms with E-state index in [1.165, 1.54) is 14.0 Å². The lowest BCUT2D eigenvalue weighted by Gasteiger charge is -2.31. The van der Waals surface area contributed by atoms with Gasteiger partial charge in [-0.1, -0.05) is 0 Å². The molecule has 2 amide bonds. The van der Waals surface area contributed by atoms with Gasteiger partial charge in [-0.2, -0.15) is 0 Å². The first-order valence-electron chi connectivity index (χ1n) is 7.70. The fraction of sp³-hybridized carbons (Fsp3) is 0.471. The van der Waals surface area contributed by atoms with Gasteiger partial charge in [-0.15, -0.1) is 0 Å². The number of piperidine rings is 1. The lowest BCUT2D eigenvalue weighted by molar-refractivity contribution is -0.138. The van der Waals surface area contributed by atoms with Crippen LogP contribution in [0.5, 0.6) is 0 Å². The van der Waals surface area contributed by atoms with Gasteiger partial charge in [0.25, 0.3) is 0 Å². The third-order valence-corrected chi connectivity index (χ3v) is 4.05. The molecule has 1 aliphatic rings. The van der Waals surface area contributed by atoms with Gasteiger partial charge in [-0.25, -0.2) is 0 Å². The highest BCUT2D eigenvalue weighted by atomic mass is 16.5. The molecule has 1 heterocycles. The van der Waals surface area contributed by atoms with Crippen LogP contribution in [0.15, 0.2) is 24.3 Å². The monoisotopic (exact) mass is 318 g/mol. The van der Waals surface area contributed by atoms with Gasteiger partial charge >= 0.3 is 0 Å². The molecule has 1 fully saturated rings. The molecule has 0 aromatic heterocycles. The minimum Gasteiger partial charge on any atom is -0.375 e. The smallest absolute Gasteiger partial charge is 0.248 e. The molecule has 1 aromatic rings. The van der Waals surface area contributed by atoms with E-state index in [4.69, 9.17) is 4.74 Å². The molecule has 2 rings (SSSR count). The highest BCUT2D eigenvalue weighted by Crippen LogP contribution is 2.20. The molecule has 0 spiro atoms. The number of benzene rings is 1. The number of rotatable bonds is 5. The van der Waals surface area contributed by atoms with Crippen molar-refractivity contribution in [1.29, 1.82) is 0 Å².